The van der Waals surface area contributed by atoms with Crippen molar-refractivity contribution in [3.8, 4) is 22.6 Å². The van der Waals surface area contributed by atoms with Crippen LogP contribution >= 0.6 is 11.6 Å². The molecule has 0 saturated carbocycles. The summed E-state index contributed by atoms with van der Waals surface area (Å²) in [5.74, 6) is -0.595. The molecule has 0 bridgehead atoms. The number of halogens is 1. The Hall–Kier alpha value is -3.05. The van der Waals surface area contributed by atoms with E-state index in [9.17, 15) is 15.0 Å². The molecule has 1 amide bonds. The lowest BCUT2D eigenvalue weighted by Crippen LogP contribution is -2.42. The number of aromatic hydroxyl groups is 2. The second-order valence-corrected chi connectivity index (χ2v) is 7.36. The number of aryl methyl sites for hydroxylation is 1. The van der Waals surface area contributed by atoms with Crippen molar-refractivity contribution >= 4 is 23.2 Å². The minimum Gasteiger partial charge on any atom is -0.508 e. The number of anilines is 1. The molecule has 2 N–H and O–H groups in total. The number of amides is 1. The summed E-state index contributed by atoms with van der Waals surface area (Å²) >= 11 is 5.87. The molecular formula is C22H19ClN2O3. The zero-order valence-corrected chi connectivity index (χ0v) is 16.0. The maximum atomic E-state index is 13.2. The summed E-state index contributed by atoms with van der Waals surface area (Å²) in [6.07, 6.45) is 3.41. The molecule has 1 aromatic heterocycles. The minimum absolute atomic E-state index is 0.00347. The molecule has 0 aliphatic carbocycles. The van der Waals surface area contributed by atoms with Gasteiger partial charge in [-0.15, -0.1) is 0 Å². The largest absolute Gasteiger partial charge is 0.508 e. The third-order valence-corrected chi connectivity index (χ3v) is 5.33. The van der Waals surface area contributed by atoms with Gasteiger partial charge in [0.1, 0.15) is 16.7 Å². The van der Waals surface area contributed by atoms with Crippen molar-refractivity contribution in [3.05, 3.63) is 71.0 Å². The van der Waals surface area contributed by atoms with E-state index in [1.54, 1.807) is 17.2 Å². The number of phenolic OH excluding ortho intramolecular Hbond substituents is 2. The van der Waals surface area contributed by atoms with Gasteiger partial charge in [0.05, 0.1) is 5.56 Å². The third kappa shape index (κ3) is 3.29. The fourth-order valence-electron chi connectivity index (χ4n) is 3.62. The lowest BCUT2D eigenvalue weighted by Gasteiger charge is -2.35. The van der Waals surface area contributed by atoms with Gasteiger partial charge in [0.2, 0.25) is 0 Å². The summed E-state index contributed by atoms with van der Waals surface area (Å²) in [5, 5.41) is 20.1. The van der Waals surface area contributed by atoms with E-state index in [2.05, 4.69) is 11.1 Å². The van der Waals surface area contributed by atoms with Gasteiger partial charge in [0, 0.05) is 29.6 Å². The number of phenols is 2. The SMILES string of the molecule is C[C@H]1CCc2cc(-c3ccc(Cl)nc3)ccc2N1C(=O)c1ccc(O)cc1O. The van der Waals surface area contributed by atoms with E-state index in [1.165, 1.54) is 18.2 Å². The Morgan fingerprint density at radius 3 is 2.61 bits per heavy atom. The lowest BCUT2D eigenvalue weighted by atomic mass is 9.92. The molecule has 2 aromatic carbocycles. The Labute approximate surface area is 167 Å². The monoisotopic (exact) mass is 394 g/mol. The van der Waals surface area contributed by atoms with Gasteiger partial charge in [-0.05, 0) is 67.3 Å². The number of hydrogen-bond acceptors (Lipinski definition) is 4. The van der Waals surface area contributed by atoms with Gasteiger partial charge in [-0.1, -0.05) is 17.7 Å². The number of nitrogens with zero attached hydrogens (tertiary/aromatic N) is 2. The summed E-state index contributed by atoms with van der Waals surface area (Å²) in [5.41, 5.74) is 4.04. The number of hydrogen-bond donors (Lipinski definition) is 2. The maximum absolute atomic E-state index is 13.2. The van der Waals surface area contributed by atoms with Crippen LogP contribution in [0.15, 0.2) is 54.7 Å². The van der Waals surface area contributed by atoms with Crippen LogP contribution in [0.2, 0.25) is 5.15 Å². The smallest absolute Gasteiger partial charge is 0.262 e. The quantitative estimate of drug-likeness (QED) is 0.612. The van der Waals surface area contributed by atoms with Crippen LogP contribution in [0, 0.1) is 0 Å². The molecule has 28 heavy (non-hydrogen) atoms. The van der Waals surface area contributed by atoms with Crippen molar-refractivity contribution in [2.24, 2.45) is 0 Å². The number of carbonyl (C=O) groups is 1. The molecule has 4 rings (SSSR count). The summed E-state index contributed by atoms with van der Waals surface area (Å²) in [6.45, 7) is 2.00. The van der Waals surface area contributed by atoms with Crippen LogP contribution < -0.4 is 4.90 Å². The van der Waals surface area contributed by atoms with Gasteiger partial charge in [-0.2, -0.15) is 0 Å². The molecule has 0 saturated heterocycles. The fourth-order valence-corrected chi connectivity index (χ4v) is 3.73. The van der Waals surface area contributed by atoms with E-state index in [-0.39, 0.29) is 29.0 Å². The van der Waals surface area contributed by atoms with Crippen molar-refractivity contribution in [1.82, 2.24) is 4.98 Å². The fraction of sp³-hybridized carbons (Fsp3) is 0.182. The zero-order chi connectivity index (χ0) is 19.8. The van der Waals surface area contributed by atoms with Crippen LogP contribution in [0.25, 0.3) is 11.1 Å². The second-order valence-electron chi connectivity index (χ2n) is 6.98. The Morgan fingerprint density at radius 1 is 1.11 bits per heavy atom. The molecule has 5 nitrogen and oxygen atoms in total. The first kappa shape index (κ1) is 18.3. The first-order chi connectivity index (χ1) is 13.4. The molecule has 1 aliphatic heterocycles. The highest BCUT2D eigenvalue weighted by molar-refractivity contribution is 6.29. The molecule has 1 atom stereocenters. The van der Waals surface area contributed by atoms with Gasteiger partial charge in [-0.25, -0.2) is 4.98 Å². The number of carbonyl (C=O) groups excluding carboxylic acids is 1. The predicted octanol–water partition coefficient (Wildman–Crippen LogP) is 4.79. The average Bonchev–Trinajstić information content (AvgIpc) is 2.68. The van der Waals surface area contributed by atoms with Crippen LogP contribution in [-0.4, -0.2) is 27.1 Å². The Bertz CT molecular complexity index is 1050. The molecule has 0 unspecified atom stereocenters. The Kier molecular flexibility index (Phi) is 4.69. The second kappa shape index (κ2) is 7.17. The summed E-state index contributed by atoms with van der Waals surface area (Å²) in [7, 11) is 0. The van der Waals surface area contributed by atoms with Gasteiger partial charge >= 0.3 is 0 Å². The molecule has 0 radical (unpaired) electrons. The standard InChI is InChI=1S/C22H19ClN2O3/c1-13-2-3-15-10-14(16-5-9-21(23)24-12-16)4-8-19(15)25(13)22(28)18-7-6-17(26)11-20(18)27/h4-13,26-27H,2-3H2,1H3/t13-/m0/s1. The molecule has 2 heterocycles. The number of rotatable bonds is 2. The topological polar surface area (TPSA) is 73.7 Å². The van der Waals surface area contributed by atoms with E-state index in [0.29, 0.717) is 5.15 Å². The number of pyridine rings is 1. The van der Waals surface area contributed by atoms with Crippen molar-refractivity contribution < 1.29 is 15.0 Å². The van der Waals surface area contributed by atoms with Crippen LogP contribution in [0.1, 0.15) is 29.3 Å². The molecular weight excluding hydrogens is 376 g/mol. The molecule has 0 spiro atoms. The highest BCUT2D eigenvalue weighted by Gasteiger charge is 2.30. The van der Waals surface area contributed by atoms with Gasteiger partial charge in [0.15, 0.2) is 0 Å². The van der Waals surface area contributed by atoms with Gasteiger partial charge in [-0.3, -0.25) is 4.79 Å². The normalized spacial score (nSPS) is 15.9. The highest BCUT2D eigenvalue weighted by atomic mass is 35.5. The average molecular weight is 395 g/mol. The van der Waals surface area contributed by atoms with Crippen LogP contribution in [0.5, 0.6) is 11.5 Å². The van der Waals surface area contributed by atoms with E-state index in [0.717, 1.165) is 35.2 Å². The number of benzene rings is 2. The Balaban J connectivity index is 1.73. The van der Waals surface area contributed by atoms with Crippen molar-refractivity contribution in [1.29, 1.82) is 0 Å². The number of aromatic nitrogens is 1. The zero-order valence-electron chi connectivity index (χ0n) is 15.3. The molecule has 1 aliphatic rings. The summed E-state index contributed by atoms with van der Waals surface area (Å²) in [4.78, 5) is 19.0. The minimum atomic E-state index is -0.285. The molecule has 3 aromatic rings. The van der Waals surface area contributed by atoms with Crippen LogP contribution in [0.3, 0.4) is 0 Å². The Morgan fingerprint density at radius 2 is 1.89 bits per heavy atom. The van der Waals surface area contributed by atoms with Crippen LogP contribution in [-0.2, 0) is 6.42 Å². The van der Waals surface area contributed by atoms with Crippen molar-refractivity contribution in [3.63, 3.8) is 0 Å². The summed E-state index contributed by atoms with van der Waals surface area (Å²) < 4.78 is 0. The van der Waals surface area contributed by atoms with Crippen molar-refractivity contribution in [2.75, 3.05) is 4.90 Å². The number of fused-ring (bicyclic) bond motifs is 1. The maximum Gasteiger partial charge on any atom is 0.262 e. The molecule has 6 heteroatoms. The molecule has 142 valence electrons. The first-order valence-electron chi connectivity index (χ1n) is 9.04. The highest BCUT2D eigenvalue weighted by Crippen LogP contribution is 2.36. The van der Waals surface area contributed by atoms with E-state index in [4.69, 9.17) is 11.6 Å². The van der Waals surface area contributed by atoms with E-state index < -0.39 is 0 Å². The van der Waals surface area contributed by atoms with Crippen LogP contribution in [0.4, 0.5) is 5.69 Å². The third-order valence-electron chi connectivity index (χ3n) is 5.10. The lowest BCUT2D eigenvalue weighted by molar-refractivity contribution is 0.0972. The van der Waals surface area contributed by atoms with E-state index >= 15 is 0 Å². The van der Waals surface area contributed by atoms with Gasteiger partial charge in [0.25, 0.3) is 5.91 Å². The predicted molar refractivity (Wildman–Crippen MR) is 109 cm³/mol. The van der Waals surface area contributed by atoms with Gasteiger partial charge < -0.3 is 15.1 Å². The first-order valence-corrected chi connectivity index (χ1v) is 9.42. The molecule has 0 fully saturated rings. The van der Waals surface area contributed by atoms with Crippen molar-refractivity contribution in [2.45, 2.75) is 25.8 Å². The van der Waals surface area contributed by atoms with E-state index in [1.807, 2.05) is 25.1 Å². The summed E-state index contributed by atoms with van der Waals surface area (Å²) in [6, 6.07) is 13.7.